The normalized spacial score (nSPS) is 11.2. The van der Waals surface area contributed by atoms with Gasteiger partial charge in [-0.15, -0.1) is 5.10 Å². The maximum absolute atomic E-state index is 11.3. The molecular formula is C20H14ClN5O2. The fourth-order valence-electron chi connectivity index (χ4n) is 2.82. The summed E-state index contributed by atoms with van der Waals surface area (Å²) in [6.07, 6.45) is 3.23. The number of nitrogens with zero attached hydrogens (tertiary/aromatic N) is 4. The van der Waals surface area contributed by atoms with E-state index in [0.29, 0.717) is 16.5 Å². The van der Waals surface area contributed by atoms with Crippen molar-refractivity contribution in [1.29, 1.82) is 0 Å². The predicted octanol–water partition coefficient (Wildman–Crippen LogP) is 4.25. The van der Waals surface area contributed by atoms with Gasteiger partial charge in [0.15, 0.2) is 5.82 Å². The highest BCUT2D eigenvalue weighted by Gasteiger charge is 2.10. The summed E-state index contributed by atoms with van der Waals surface area (Å²) in [6.45, 7) is 0. The van der Waals surface area contributed by atoms with Gasteiger partial charge in [0.1, 0.15) is 0 Å². The Hall–Kier alpha value is -3.71. The van der Waals surface area contributed by atoms with Crippen LogP contribution in [0.25, 0.3) is 22.5 Å². The second-order valence-corrected chi connectivity index (χ2v) is 6.39. The van der Waals surface area contributed by atoms with Crippen LogP contribution in [0.2, 0.25) is 5.02 Å². The van der Waals surface area contributed by atoms with Gasteiger partial charge in [-0.1, -0.05) is 41.9 Å². The number of carboxylic acid groups (broad SMARTS) is 1. The number of aromatic nitrogens is 4. The number of anilines is 1. The van der Waals surface area contributed by atoms with Crippen LogP contribution in [0.15, 0.2) is 66.9 Å². The molecule has 28 heavy (non-hydrogen) atoms. The van der Waals surface area contributed by atoms with E-state index in [1.165, 1.54) is 12.1 Å². The second-order valence-electron chi connectivity index (χ2n) is 5.95. The third kappa shape index (κ3) is 3.56. The lowest BCUT2D eigenvalue weighted by Crippen LogP contribution is -2.02. The number of hydrogen-bond acceptors (Lipinski definition) is 5. The van der Waals surface area contributed by atoms with E-state index in [1.54, 1.807) is 23.0 Å². The molecule has 0 radical (unpaired) electrons. The molecule has 7 nitrogen and oxygen atoms in total. The molecule has 4 rings (SSSR count). The number of hydrogen-bond donors (Lipinski definition) is 2. The summed E-state index contributed by atoms with van der Waals surface area (Å²) >= 11 is 5.96. The molecule has 0 amide bonds. The van der Waals surface area contributed by atoms with Crippen LogP contribution in [-0.2, 0) is 0 Å². The maximum atomic E-state index is 11.3. The Morgan fingerprint density at radius 1 is 1.07 bits per heavy atom. The predicted molar refractivity (Wildman–Crippen MR) is 108 cm³/mol. The number of carbonyl (C=O) groups is 1. The molecule has 0 bridgehead atoms. The Morgan fingerprint density at radius 2 is 1.89 bits per heavy atom. The molecule has 138 valence electrons. The molecule has 1 heterocycles. The number of benzene rings is 3. The molecule has 8 heteroatoms. The lowest BCUT2D eigenvalue weighted by Gasteiger charge is -2.06. The van der Waals surface area contributed by atoms with Gasteiger partial charge in [0, 0.05) is 17.3 Å². The minimum Gasteiger partial charge on any atom is -0.478 e. The topological polar surface area (TPSA) is 92.9 Å². The molecule has 0 atom stereocenters. The number of aromatic carboxylic acids is 1. The zero-order chi connectivity index (χ0) is 19.5. The molecular weight excluding hydrogens is 378 g/mol. The van der Waals surface area contributed by atoms with E-state index in [9.17, 15) is 9.90 Å². The molecule has 0 spiro atoms. The summed E-state index contributed by atoms with van der Waals surface area (Å²) in [5.41, 5.74) is 1.31. The summed E-state index contributed by atoms with van der Waals surface area (Å²) in [5.74, 6) is -0.560. The van der Waals surface area contributed by atoms with Gasteiger partial charge in [-0.2, -0.15) is 4.68 Å². The van der Waals surface area contributed by atoms with E-state index >= 15 is 0 Å². The van der Waals surface area contributed by atoms with E-state index in [0.717, 1.165) is 16.5 Å². The number of rotatable bonds is 5. The van der Waals surface area contributed by atoms with Gasteiger partial charge < -0.3 is 10.4 Å². The number of halogens is 1. The molecule has 4 aromatic rings. The Balaban J connectivity index is 1.61. The smallest absolute Gasteiger partial charge is 0.337 e. The van der Waals surface area contributed by atoms with Crippen LogP contribution in [0.1, 0.15) is 16.2 Å². The molecule has 3 aromatic carbocycles. The van der Waals surface area contributed by atoms with Crippen LogP contribution < -0.4 is 5.32 Å². The Kier molecular flexibility index (Phi) is 4.74. The third-order valence-corrected chi connectivity index (χ3v) is 4.39. The summed E-state index contributed by atoms with van der Waals surface area (Å²) in [4.78, 5) is 11.3. The van der Waals surface area contributed by atoms with Crippen molar-refractivity contribution < 1.29 is 9.90 Å². The molecule has 1 aromatic heterocycles. The van der Waals surface area contributed by atoms with Crippen molar-refractivity contribution >= 4 is 40.1 Å². The molecule has 0 aliphatic carbocycles. The van der Waals surface area contributed by atoms with Crippen molar-refractivity contribution in [3.05, 3.63) is 83.3 Å². The number of tetrazole rings is 1. The van der Waals surface area contributed by atoms with Crippen LogP contribution in [0, 0.1) is 0 Å². The summed E-state index contributed by atoms with van der Waals surface area (Å²) in [7, 11) is 0. The van der Waals surface area contributed by atoms with Crippen LogP contribution in [0.3, 0.4) is 0 Å². The highest BCUT2D eigenvalue weighted by Crippen LogP contribution is 2.22. The van der Waals surface area contributed by atoms with Gasteiger partial charge in [0.2, 0.25) is 0 Å². The molecule has 0 fully saturated rings. The lowest BCUT2D eigenvalue weighted by molar-refractivity contribution is 0.0698. The largest absolute Gasteiger partial charge is 0.478 e. The van der Waals surface area contributed by atoms with Gasteiger partial charge in [-0.25, -0.2) is 4.79 Å². The van der Waals surface area contributed by atoms with Gasteiger partial charge in [-0.05, 0) is 51.5 Å². The van der Waals surface area contributed by atoms with Crippen molar-refractivity contribution in [2.24, 2.45) is 0 Å². The number of carboxylic acids is 1. The SMILES string of the molecule is O=C(O)c1ccc(Cl)cc1N/C=C/c1nnnn1-c1ccc2ccccc2c1. The highest BCUT2D eigenvalue weighted by atomic mass is 35.5. The summed E-state index contributed by atoms with van der Waals surface area (Å²) < 4.78 is 1.60. The van der Waals surface area contributed by atoms with Crippen molar-refractivity contribution in [1.82, 2.24) is 20.2 Å². The highest BCUT2D eigenvalue weighted by molar-refractivity contribution is 6.31. The maximum Gasteiger partial charge on any atom is 0.337 e. The lowest BCUT2D eigenvalue weighted by atomic mass is 10.1. The fourth-order valence-corrected chi connectivity index (χ4v) is 2.99. The standard InChI is InChI=1S/C20H14ClN5O2/c21-15-6-8-17(20(27)28)18(12-15)22-10-9-19-23-24-25-26(19)16-7-5-13-3-1-2-4-14(13)11-16/h1-12,22H,(H,27,28)/b10-9+. The Labute approximate surface area is 164 Å². The molecule has 0 saturated carbocycles. The van der Waals surface area contributed by atoms with E-state index in [-0.39, 0.29) is 5.56 Å². The first kappa shape index (κ1) is 17.7. The van der Waals surface area contributed by atoms with Gasteiger partial charge in [0.25, 0.3) is 0 Å². The van der Waals surface area contributed by atoms with E-state index < -0.39 is 5.97 Å². The Bertz CT molecular complexity index is 1200. The van der Waals surface area contributed by atoms with Crippen LogP contribution >= 0.6 is 11.6 Å². The second kappa shape index (κ2) is 7.50. The minimum absolute atomic E-state index is 0.114. The zero-order valence-corrected chi connectivity index (χ0v) is 15.2. The fraction of sp³-hybridized carbons (Fsp3) is 0. The average Bonchev–Trinajstić information content (AvgIpc) is 3.16. The van der Waals surface area contributed by atoms with Crippen LogP contribution in [0.5, 0.6) is 0 Å². The van der Waals surface area contributed by atoms with Crippen molar-refractivity contribution in [2.75, 3.05) is 5.32 Å². The Morgan fingerprint density at radius 3 is 2.71 bits per heavy atom. The minimum atomic E-state index is -1.05. The van der Waals surface area contributed by atoms with Gasteiger partial charge >= 0.3 is 5.97 Å². The van der Waals surface area contributed by atoms with Crippen molar-refractivity contribution in [2.45, 2.75) is 0 Å². The average molecular weight is 392 g/mol. The first-order chi connectivity index (χ1) is 13.6. The van der Waals surface area contributed by atoms with Crippen molar-refractivity contribution in [3.8, 4) is 5.69 Å². The van der Waals surface area contributed by atoms with E-state index in [4.69, 9.17) is 11.6 Å². The van der Waals surface area contributed by atoms with Crippen molar-refractivity contribution in [3.63, 3.8) is 0 Å². The zero-order valence-electron chi connectivity index (χ0n) is 14.5. The van der Waals surface area contributed by atoms with Crippen LogP contribution in [0.4, 0.5) is 5.69 Å². The molecule has 0 aliphatic rings. The van der Waals surface area contributed by atoms with Gasteiger partial charge in [-0.3, -0.25) is 0 Å². The molecule has 2 N–H and O–H groups in total. The number of fused-ring (bicyclic) bond motifs is 1. The first-order valence-electron chi connectivity index (χ1n) is 8.35. The number of nitrogens with one attached hydrogen (secondary N) is 1. The molecule has 0 aliphatic heterocycles. The van der Waals surface area contributed by atoms with E-state index in [1.807, 2.05) is 42.5 Å². The molecule has 0 unspecified atom stereocenters. The third-order valence-electron chi connectivity index (χ3n) is 4.15. The van der Waals surface area contributed by atoms with Crippen LogP contribution in [-0.4, -0.2) is 31.3 Å². The van der Waals surface area contributed by atoms with E-state index in [2.05, 4.69) is 20.8 Å². The monoisotopic (exact) mass is 391 g/mol. The summed E-state index contributed by atoms with van der Waals surface area (Å²) in [5, 5.41) is 26.6. The first-order valence-corrected chi connectivity index (χ1v) is 8.73. The summed E-state index contributed by atoms with van der Waals surface area (Å²) in [6, 6.07) is 18.5. The molecule has 0 saturated heterocycles. The van der Waals surface area contributed by atoms with Gasteiger partial charge in [0.05, 0.1) is 16.9 Å². The quantitative estimate of drug-likeness (QED) is 0.528.